The summed E-state index contributed by atoms with van der Waals surface area (Å²) >= 11 is 0. The number of alkyl halides is 3. The number of nitrogens with one attached hydrogen (secondary N) is 1. The molecule has 22 heavy (non-hydrogen) atoms. The Kier molecular flexibility index (Phi) is 4.70. The van der Waals surface area contributed by atoms with E-state index in [-0.39, 0.29) is 0 Å². The third kappa shape index (κ3) is 4.00. The van der Waals surface area contributed by atoms with Gasteiger partial charge in [0.1, 0.15) is 0 Å². The van der Waals surface area contributed by atoms with Crippen LogP contribution in [0, 0.1) is 0 Å². The molecule has 0 fully saturated rings. The van der Waals surface area contributed by atoms with Crippen molar-refractivity contribution in [2.45, 2.75) is 13.1 Å². The summed E-state index contributed by atoms with van der Waals surface area (Å²) in [5.74, 6) is -0.413. The second-order valence-corrected chi connectivity index (χ2v) is 4.50. The van der Waals surface area contributed by atoms with Crippen molar-refractivity contribution in [3.05, 3.63) is 59.7 Å². The van der Waals surface area contributed by atoms with Crippen molar-refractivity contribution in [2.24, 2.45) is 0 Å². The van der Waals surface area contributed by atoms with Gasteiger partial charge in [0.25, 0.3) is 0 Å². The number of carbonyl (C=O) groups excluding carboxylic acids is 1. The SMILES string of the molecule is CCOC(=O)c1ccc(Nc2ccc(C(F)(F)F)cc2)cc1. The van der Waals surface area contributed by atoms with Gasteiger partial charge in [-0.05, 0) is 55.5 Å². The number of carbonyl (C=O) groups is 1. The Morgan fingerprint density at radius 1 is 1.00 bits per heavy atom. The average Bonchev–Trinajstić information content (AvgIpc) is 2.48. The smallest absolute Gasteiger partial charge is 0.416 e. The molecule has 1 N–H and O–H groups in total. The molecular weight excluding hydrogens is 295 g/mol. The Morgan fingerprint density at radius 3 is 1.95 bits per heavy atom. The zero-order valence-electron chi connectivity index (χ0n) is 11.8. The molecular formula is C16H14F3NO2. The number of ether oxygens (including phenoxy) is 1. The molecule has 116 valence electrons. The van der Waals surface area contributed by atoms with Gasteiger partial charge in [-0.25, -0.2) is 4.79 Å². The van der Waals surface area contributed by atoms with E-state index in [0.717, 1.165) is 12.1 Å². The van der Waals surface area contributed by atoms with Gasteiger partial charge in [0.05, 0.1) is 17.7 Å². The fraction of sp³-hybridized carbons (Fsp3) is 0.188. The first-order chi connectivity index (χ1) is 10.4. The van der Waals surface area contributed by atoms with Crippen molar-refractivity contribution < 1.29 is 22.7 Å². The van der Waals surface area contributed by atoms with Gasteiger partial charge in [-0.3, -0.25) is 0 Å². The summed E-state index contributed by atoms with van der Waals surface area (Å²) in [6, 6.07) is 11.2. The van der Waals surface area contributed by atoms with Crippen molar-refractivity contribution in [3.8, 4) is 0 Å². The van der Waals surface area contributed by atoms with Gasteiger partial charge in [0.15, 0.2) is 0 Å². The summed E-state index contributed by atoms with van der Waals surface area (Å²) < 4.78 is 42.3. The highest BCUT2D eigenvalue weighted by Crippen LogP contribution is 2.30. The molecule has 2 aromatic rings. The van der Waals surface area contributed by atoms with E-state index in [9.17, 15) is 18.0 Å². The average molecular weight is 309 g/mol. The highest BCUT2D eigenvalue weighted by atomic mass is 19.4. The molecule has 3 nitrogen and oxygen atoms in total. The molecule has 0 saturated heterocycles. The van der Waals surface area contributed by atoms with Crippen LogP contribution in [0.1, 0.15) is 22.8 Å². The number of esters is 1. The van der Waals surface area contributed by atoms with Crippen molar-refractivity contribution in [1.82, 2.24) is 0 Å². The van der Waals surface area contributed by atoms with Gasteiger partial charge in [0.2, 0.25) is 0 Å². The lowest BCUT2D eigenvalue weighted by molar-refractivity contribution is -0.137. The van der Waals surface area contributed by atoms with Crippen molar-refractivity contribution in [2.75, 3.05) is 11.9 Å². The minimum absolute atomic E-state index is 0.296. The molecule has 0 radical (unpaired) electrons. The lowest BCUT2D eigenvalue weighted by Crippen LogP contribution is -2.05. The standard InChI is InChI=1S/C16H14F3NO2/c1-2-22-15(21)11-3-7-13(8-4-11)20-14-9-5-12(6-10-14)16(17,18)19/h3-10,20H,2H2,1H3. The second kappa shape index (κ2) is 6.51. The van der Waals surface area contributed by atoms with Crippen molar-refractivity contribution in [1.29, 1.82) is 0 Å². The Balaban J connectivity index is 2.06. The minimum atomic E-state index is -4.35. The van der Waals surface area contributed by atoms with Crippen LogP contribution in [0.15, 0.2) is 48.5 Å². The fourth-order valence-electron chi connectivity index (χ4n) is 1.81. The number of hydrogen-bond donors (Lipinski definition) is 1. The molecule has 0 spiro atoms. The Morgan fingerprint density at radius 2 is 1.50 bits per heavy atom. The van der Waals surface area contributed by atoms with Gasteiger partial charge >= 0.3 is 12.1 Å². The van der Waals surface area contributed by atoms with Crippen LogP contribution in [0.5, 0.6) is 0 Å². The van der Waals surface area contributed by atoms with Crippen LogP contribution < -0.4 is 5.32 Å². The summed E-state index contributed by atoms with van der Waals surface area (Å²) in [5, 5.41) is 2.96. The van der Waals surface area contributed by atoms with Crippen LogP contribution in [0.2, 0.25) is 0 Å². The molecule has 0 aliphatic carbocycles. The van der Waals surface area contributed by atoms with Gasteiger partial charge in [-0.2, -0.15) is 13.2 Å². The Hall–Kier alpha value is -2.50. The molecule has 0 saturated carbocycles. The zero-order valence-corrected chi connectivity index (χ0v) is 11.8. The van der Waals surface area contributed by atoms with Crippen molar-refractivity contribution >= 4 is 17.3 Å². The molecule has 2 aromatic carbocycles. The topological polar surface area (TPSA) is 38.3 Å². The van der Waals surface area contributed by atoms with E-state index >= 15 is 0 Å². The quantitative estimate of drug-likeness (QED) is 0.837. The third-order valence-corrected chi connectivity index (χ3v) is 2.90. The molecule has 0 bridgehead atoms. The normalized spacial score (nSPS) is 11.1. The molecule has 0 aliphatic heterocycles. The number of rotatable bonds is 4. The van der Waals surface area contributed by atoms with Crippen LogP contribution in [0.25, 0.3) is 0 Å². The molecule has 2 rings (SSSR count). The first kappa shape index (κ1) is 15.9. The number of halogens is 3. The van der Waals surface area contributed by atoms with Crippen LogP contribution in [-0.4, -0.2) is 12.6 Å². The summed E-state index contributed by atoms with van der Waals surface area (Å²) in [6.45, 7) is 2.02. The molecule has 0 aliphatic rings. The molecule has 6 heteroatoms. The summed E-state index contributed by atoms with van der Waals surface area (Å²) in [4.78, 5) is 11.5. The van der Waals surface area contributed by atoms with E-state index in [4.69, 9.17) is 4.74 Å². The van der Waals surface area contributed by atoms with E-state index in [2.05, 4.69) is 5.32 Å². The highest BCUT2D eigenvalue weighted by Gasteiger charge is 2.29. The van der Waals surface area contributed by atoms with Crippen LogP contribution >= 0.6 is 0 Å². The van der Waals surface area contributed by atoms with Gasteiger partial charge in [0, 0.05) is 11.4 Å². The largest absolute Gasteiger partial charge is 0.462 e. The molecule has 0 aromatic heterocycles. The first-order valence-electron chi connectivity index (χ1n) is 6.61. The van der Waals surface area contributed by atoms with Crippen molar-refractivity contribution in [3.63, 3.8) is 0 Å². The molecule has 0 amide bonds. The number of hydrogen-bond acceptors (Lipinski definition) is 3. The third-order valence-electron chi connectivity index (χ3n) is 2.90. The first-order valence-corrected chi connectivity index (χ1v) is 6.61. The monoisotopic (exact) mass is 309 g/mol. The maximum absolute atomic E-state index is 12.5. The van der Waals surface area contributed by atoms with Crippen LogP contribution in [0.3, 0.4) is 0 Å². The Bertz CT molecular complexity index is 634. The second-order valence-electron chi connectivity index (χ2n) is 4.50. The van der Waals surface area contributed by atoms with Crippen LogP contribution in [0.4, 0.5) is 24.5 Å². The van der Waals surface area contributed by atoms with E-state index < -0.39 is 17.7 Å². The molecule has 0 unspecified atom stereocenters. The fourth-order valence-corrected chi connectivity index (χ4v) is 1.81. The predicted octanol–water partition coefficient (Wildman–Crippen LogP) is 4.63. The number of benzene rings is 2. The lowest BCUT2D eigenvalue weighted by Gasteiger charge is -2.10. The highest BCUT2D eigenvalue weighted by molar-refractivity contribution is 5.89. The predicted molar refractivity (Wildman–Crippen MR) is 77.1 cm³/mol. The number of anilines is 2. The van der Waals surface area contributed by atoms with Gasteiger partial charge < -0.3 is 10.1 Å². The van der Waals surface area contributed by atoms with E-state index in [0.29, 0.717) is 23.5 Å². The summed E-state index contributed by atoms with van der Waals surface area (Å²) in [5.41, 5.74) is 0.903. The maximum atomic E-state index is 12.5. The van der Waals surface area contributed by atoms with E-state index in [1.54, 1.807) is 31.2 Å². The Labute approximate surface area is 125 Å². The zero-order chi connectivity index (χ0) is 16.2. The van der Waals surface area contributed by atoms with Gasteiger partial charge in [-0.15, -0.1) is 0 Å². The molecule has 0 atom stereocenters. The van der Waals surface area contributed by atoms with Crippen LogP contribution in [-0.2, 0) is 10.9 Å². The summed E-state index contributed by atoms with van der Waals surface area (Å²) in [7, 11) is 0. The van der Waals surface area contributed by atoms with E-state index in [1.807, 2.05) is 0 Å². The minimum Gasteiger partial charge on any atom is -0.462 e. The molecule has 0 heterocycles. The lowest BCUT2D eigenvalue weighted by atomic mass is 10.2. The van der Waals surface area contributed by atoms with E-state index in [1.165, 1.54) is 12.1 Å². The summed E-state index contributed by atoms with van der Waals surface area (Å²) in [6.07, 6.45) is -4.35. The maximum Gasteiger partial charge on any atom is 0.416 e. The van der Waals surface area contributed by atoms with Gasteiger partial charge in [-0.1, -0.05) is 0 Å².